The zero-order valence-electron chi connectivity index (χ0n) is 26.8. The van der Waals surface area contributed by atoms with Crippen molar-refractivity contribution in [3.63, 3.8) is 0 Å². The molecular formula is C37H38Cl3N3O4S. The summed E-state index contributed by atoms with van der Waals surface area (Å²) in [4.78, 5) is 30.4. The van der Waals surface area contributed by atoms with Crippen LogP contribution < -0.4 is 9.62 Å². The highest BCUT2D eigenvalue weighted by Gasteiger charge is 2.36. The van der Waals surface area contributed by atoms with E-state index in [-0.39, 0.29) is 35.5 Å². The van der Waals surface area contributed by atoms with Crippen molar-refractivity contribution in [2.75, 3.05) is 10.8 Å². The van der Waals surface area contributed by atoms with Crippen LogP contribution in [0.2, 0.25) is 15.1 Å². The Labute approximate surface area is 297 Å². The zero-order valence-corrected chi connectivity index (χ0v) is 29.9. The largest absolute Gasteiger partial charge is 0.352 e. The Kier molecular flexibility index (Phi) is 11.7. The number of nitrogens with zero attached hydrogens (tertiary/aromatic N) is 2. The Morgan fingerprint density at radius 2 is 1.54 bits per heavy atom. The molecule has 0 aromatic heterocycles. The molecule has 0 spiro atoms. The molecule has 0 aliphatic heterocycles. The van der Waals surface area contributed by atoms with Crippen LogP contribution in [0, 0.1) is 13.8 Å². The van der Waals surface area contributed by atoms with Gasteiger partial charge in [-0.2, -0.15) is 0 Å². The van der Waals surface area contributed by atoms with Gasteiger partial charge in [-0.25, -0.2) is 8.42 Å². The van der Waals surface area contributed by atoms with Gasteiger partial charge in [0.05, 0.1) is 10.6 Å². The Hall–Kier alpha value is -3.56. The third-order valence-corrected chi connectivity index (χ3v) is 11.5. The minimum absolute atomic E-state index is 0.000584. The first-order chi connectivity index (χ1) is 22.9. The molecule has 0 saturated heterocycles. The van der Waals surface area contributed by atoms with Gasteiger partial charge in [-0.3, -0.25) is 13.9 Å². The fraction of sp³-hybridized carbons (Fsp3) is 0.297. The number of carbonyl (C=O) groups is 2. The van der Waals surface area contributed by atoms with Gasteiger partial charge in [0.25, 0.3) is 10.0 Å². The third kappa shape index (κ3) is 8.53. The van der Waals surface area contributed by atoms with Gasteiger partial charge in [0.2, 0.25) is 11.8 Å². The standard InChI is InChI=1S/C37H38Cl3N3O4S/c1-25-15-19-31(20-16-25)48(46,47)43(34-14-8-13-32(39)26(34)2)24-36(44)42(23-28-17-18-29(38)22-33(28)40)35(21-27-9-4-3-5-10-27)37(45)41-30-11-6-7-12-30/h3-5,8-10,13-20,22,30,35H,6-7,11-12,21,23-24H2,1-2H3,(H,41,45). The Balaban J connectivity index is 1.61. The number of nitrogens with one attached hydrogen (secondary N) is 1. The molecular weight excluding hydrogens is 689 g/mol. The Morgan fingerprint density at radius 1 is 0.854 bits per heavy atom. The smallest absolute Gasteiger partial charge is 0.264 e. The van der Waals surface area contributed by atoms with E-state index >= 15 is 0 Å². The van der Waals surface area contributed by atoms with E-state index in [1.54, 1.807) is 55.5 Å². The maximum Gasteiger partial charge on any atom is 0.264 e. The van der Waals surface area contributed by atoms with Crippen LogP contribution in [0.3, 0.4) is 0 Å². The van der Waals surface area contributed by atoms with Crippen molar-refractivity contribution in [1.82, 2.24) is 10.2 Å². The van der Waals surface area contributed by atoms with Crippen LogP contribution in [-0.2, 0) is 32.6 Å². The highest BCUT2D eigenvalue weighted by molar-refractivity contribution is 7.92. The number of aryl methyl sites for hydroxylation is 1. The maximum atomic E-state index is 14.7. The molecule has 1 aliphatic carbocycles. The van der Waals surface area contributed by atoms with E-state index in [4.69, 9.17) is 34.8 Å². The molecule has 0 bridgehead atoms. The molecule has 1 saturated carbocycles. The molecule has 4 aromatic rings. The number of halogens is 3. The molecule has 0 radical (unpaired) electrons. The second-order valence-corrected chi connectivity index (χ2v) is 15.3. The predicted octanol–water partition coefficient (Wildman–Crippen LogP) is 8.16. The van der Waals surface area contributed by atoms with Crippen LogP contribution in [0.25, 0.3) is 0 Å². The highest BCUT2D eigenvalue weighted by Crippen LogP contribution is 2.32. The number of hydrogen-bond acceptors (Lipinski definition) is 4. The molecule has 1 aliphatic rings. The third-order valence-electron chi connectivity index (χ3n) is 8.72. The lowest BCUT2D eigenvalue weighted by atomic mass is 10.0. The van der Waals surface area contributed by atoms with Crippen LogP contribution in [0.1, 0.15) is 47.9 Å². The predicted molar refractivity (Wildman–Crippen MR) is 193 cm³/mol. The summed E-state index contributed by atoms with van der Waals surface area (Å²) in [5.41, 5.74) is 3.05. The van der Waals surface area contributed by atoms with E-state index < -0.39 is 28.5 Å². The molecule has 1 atom stereocenters. The monoisotopic (exact) mass is 725 g/mol. The van der Waals surface area contributed by atoms with Crippen molar-refractivity contribution in [2.24, 2.45) is 0 Å². The van der Waals surface area contributed by atoms with Crippen molar-refractivity contribution < 1.29 is 18.0 Å². The van der Waals surface area contributed by atoms with Crippen molar-refractivity contribution in [1.29, 1.82) is 0 Å². The molecule has 5 rings (SSSR count). The number of hydrogen-bond donors (Lipinski definition) is 1. The van der Waals surface area contributed by atoms with Gasteiger partial charge in [0, 0.05) is 34.1 Å². The van der Waals surface area contributed by atoms with Crippen LogP contribution in [0.4, 0.5) is 5.69 Å². The van der Waals surface area contributed by atoms with E-state index in [9.17, 15) is 18.0 Å². The first-order valence-corrected chi connectivity index (χ1v) is 18.4. The van der Waals surface area contributed by atoms with Gasteiger partial charge >= 0.3 is 0 Å². The summed E-state index contributed by atoms with van der Waals surface area (Å²) < 4.78 is 29.8. The number of carbonyl (C=O) groups excluding carboxylic acids is 2. The molecule has 11 heteroatoms. The van der Waals surface area contributed by atoms with Crippen LogP contribution in [-0.4, -0.2) is 43.8 Å². The average Bonchev–Trinajstić information content (AvgIpc) is 3.57. The van der Waals surface area contributed by atoms with E-state index in [0.29, 0.717) is 26.2 Å². The van der Waals surface area contributed by atoms with Gasteiger partial charge in [0.15, 0.2) is 0 Å². The van der Waals surface area contributed by atoms with E-state index in [1.807, 2.05) is 37.3 Å². The summed E-state index contributed by atoms with van der Waals surface area (Å²) in [5, 5.41) is 4.27. The maximum absolute atomic E-state index is 14.7. The fourth-order valence-corrected chi connectivity index (χ4v) is 8.08. The second-order valence-electron chi connectivity index (χ2n) is 12.2. The van der Waals surface area contributed by atoms with E-state index in [2.05, 4.69) is 5.32 Å². The number of anilines is 1. The second kappa shape index (κ2) is 15.8. The molecule has 2 amide bonds. The number of rotatable bonds is 12. The molecule has 1 fully saturated rings. The van der Waals surface area contributed by atoms with Gasteiger partial charge < -0.3 is 10.2 Å². The van der Waals surface area contributed by atoms with Crippen LogP contribution >= 0.6 is 34.8 Å². The Bertz CT molecular complexity index is 1860. The number of benzene rings is 4. The lowest BCUT2D eigenvalue weighted by molar-refractivity contribution is -0.140. The number of sulfonamides is 1. The molecule has 252 valence electrons. The summed E-state index contributed by atoms with van der Waals surface area (Å²) in [6.45, 7) is 2.92. The zero-order chi connectivity index (χ0) is 34.4. The average molecular weight is 727 g/mol. The van der Waals surface area contributed by atoms with Crippen LogP contribution in [0.5, 0.6) is 0 Å². The minimum atomic E-state index is -4.27. The lowest BCUT2D eigenvalue weighted by Gasteiger charge is -2.35. The quantitative estimate of drug-likeness (QED) is 0.160. The van der Waals surface area contributed by atoms with Crippen molar-refractivity contribution >= 4 is 62.3 Å². The SMILES string of the molecule is Cc1ccc(S(=O)(=O)N(CC(=O)N(Cc2ccc(Cl)cc2Cl)C(Cc2ccccc2)C(=O)NC2CCCC2)c2cccc(Cl)c2C)cc1. The summed E-state index contributed by atoms with van der Waals surface area (Å²) in [6.07, 6.45) is 3.95. The summed E-state index contributed by atoms with van der Waals surface area (Å²) in [7, 11) is -4.27. The Morgan fingerprint density at radius 3 is 2.21 bits per heavy atom. The minimum Gasteiger partial charge on any atom is -0.352 e. The fourth-order valence-electron chi connectivity index (χ4n) is 5.97. The lowest BCUT2D eigenvalue weighted by Crippen LogP contribution is -2.54. The molecule has 48 heavy (non-hydrogen) atoms. The van der Waals surface area contributed by atoms with Gasteiger partial charge in [-0.1, -0.05) is 108 Å². The van der Waals surface area contributed by atoms with Gasteiger partial charge in [0.1, 0.15) is 12.6 Å². The summed E-state index contributed by atoms with van der Waals surface area (Å²) in [5.74, 6) is -0.894. The van der Waals surface area contributed by atoms with E-state index in [0.717, 1.165) is 41.1 Å². The van der Waals surface area contributed by atoms with Crippen molar-refractivity contribution in [3.05, 3.63) is 128 Å². The van der Waals surface area contributed by atoms with Crippen molar-refractivity contribution in [3.8, 4) is 0 Å². The number of amides is 2. The topological polar surface area (TPSA) is 86.8 Å². The molecule has 4 aromatic carbocycles. The first kappa shape index (κ1) is 35.7. The van der Waals surface area contributed by atoms with Gasteiger partial charge in [-0.15, -0.1) is 0 Å². The van der Waals surface area contributed by atoms with Gasteiger partial charge in [-0.05, 0) is 79.8 Å². The first-order valence-electron chi connectivity index (χ1n) is 15.9. The summed E-state index contributed by atoms with van der Waals surface area (Å²) in [6, 6.07) is 24.8. The molecule has 1 N–H and O–H groups in total. The van der Waals surface area contributed by atoms with E-state index in [1.165, 1.54) is 17.0 Å². The molecule has 0 heterocycles. The molecule has 7 nitrogen and oxygen atoms in total. The summed E-state index contributed by atoms with van der Waals surface area (Å²) >= 11 is 19.3. The normalized spacial score (nSPS) is 14.0. The highest BCUT2D eigenvalue weighted by atomic mass is 35.5. The van der Waals surface area contributed by atoms with Crippen molar-refractivity contribution in [2.45, 2.75) is 69.5 Å². The van der Waals surface area contributed by atoms with Crippen LogP contribution in [0.15, 0.2) is 95.9 Å². The molecule has 1 unspecified atom stereocenters.